The summed E-state index contributed by atoms with van der Waals surface area (Å²) < 4.78 is 28.6. The van der Waals surface area contributed by atoms with Gasteiger partial charge in [0.1, 0.15) is 11.6 Å². The van der Waals surface area contributed by atoms with Gasteiger partial charge in [-0.15, -0.1) is 0 Å². The van der Waals surface area contributed by atoms with Crippen LogP contribution in [0.4, 0.5) is 8.78 Å². The normalized spacial score (nSPS) is 12.4. The van der Waals surface area contributed by atoms with Crippen molar-refractivity contribution in [3.8, 4) is 0 Å². The Morgan fingerprint density at radius 1 is 1.10 bits per heavy atom. The Morgan fingerprint density at radius 2 is 1.85 bits per heavy atom. The van der Waals surface area contributed by atoms with Crippen LogP contribution >= 0.6 is 31.9 Å². The quantitative estimate of drug-likeness (QED) is 0.725. The highest BCUT2D eigenvalue weighted by molar-refractivity contribution is 9.10. The first-order valence-electron chi connectivity index (χ1n) is 6.09. The van der Waals surface area contributed by atoms with Crippen molar-refractivity contribution in [2.24, 2.45) is 0 Å². The Balaban J connectivity index is 2.08. The standard InChI is InChI=1S/C15H13Br2F2N/c1-9(13-4-2-11(16)7-15(13)19)20-8-10-6-12(18)3-5-14(10)17/h2-7,9,20H,8H2,1H3. The summed E-state index contributed by atoms with van der Waals surface area (Å²) in [4.78, 5) is 0. The molecule has 2 aromatic carbocycles. The highest BCUT2D eigenvalue weighted by Crippen LogP contribution is 2.22. The lowest BCUT2D eigenvalue weighted by atomic mass is 10.1. The number of halogens is 4. The summed E-state index contributed by atoms with van der Waals surface area (Å²) in [5.41, 5.74) is 1.38. The van der Waals surface area contributed by atoms with Crippen LogP contribution in [-0.4, -0.2) is 0 Å². The van der Waals surface area contributed by atoms with Gasteiger partial charge in [-0.05, 0) is 42.8 Å². The smallest absolute Gasteiger partial charge is 0.129 e. The van der Waals surface area contributed by atoms with E-state index in [1.807, 2.05) is 6.92 Å². The van der Waals surface area contributed by atoms with Crippen molar-refractivity contribution >= 4 is 31.9 Å². The highest BCUT2D eigenvalue weighted by Gasteiger charge is 2.11. The molecule has 0 saturated carbocycles. The molecule has 1 atom stereocenters. The van der Waals surface area contributed by atoms with E-state index in [-0.39, 0.29) is 17.7 Å². The van der Waals surface area contributed by atoms with Crippen LogP contribution in [-0.2, 0) is 6.54 Å². The van der Waals surface area contributed by atoms with Crippen molar-refractivity contribution in [2.75, 3.05) is 0 Å². The van der Waals surface area contributed by atoms with Crippen molar-refractivity contribution in [2.45, 2.75) is 19.5 Å². The second kappa shape index (κ2) is 6.78. The van der Waals surface area contributed by atoms with Gasteiger partial charge in [0, 0.05) is 27.1 Å². The van der Waals surface area contributed by atoms with Crippen LogP contribution in [0.2, 0.25) is 0 Å². The lowest BCUT2D eigenvalue weighted by Crippen LogP contribution is -2.19. The van der Waals surface area contributed by atoms with Crippen molar-refractivity contribution in [3.05, 3.63) is 68.1 Å². The van der Waals surface area contributed by atoms with Gasteiger partial charge in [-0.25, -0.2) is 8.78 Å². The minimum atomic E-state index is -0.285. The van der Waals surface area contributed by atoms with Gasteiger partial charge in [0.15, 0.2) is 0 Å². The molecule has 0 aliphatic heterocycles. The summed E-state index contributed by atoms with van der Waals surface area (Å²) in [6, 6.07) is 9.32. The van der Waals surface area contributed by atoms with Crippen LogP contribution < -0.4 is 5.32 Å². The topological polar surface area (TPSA) is 12.0 Å². The summed E-state index contributed by atoms with van der Waals surface area (Å²) in [7, 11) is 0. The molecule has 1 unspecified atom stereocenters. The molecule has 1 N–H and O–H groups in total. The fourth-order valence-corrected chi connectivity index (χ4v) is 2.62. The summed E-state index contributed by atoms with van der Waals surface area (Å²) in [6.45, 7) is 2.33. The molecule has 20 heavy (non-hydrogen) atoms. The Labute approximate surface area is 133 Å². The summed E-state index contributed by atoms with van der Waals surface area (Å²) in [5.74, 6) is -0.551. The first-order chi connectivity index (χ1) is 9.47. The van der Waals surface area contributed by atoms with Gasteiger partial charge in [-0.1, -0.05) is 37.9 Å². The molecule has 0 aromatic heterocycles. The predicted molar refractivity (Wildman–Crippen MR) is 83.5 cm³/mol. The average molecular weight is 405 g/mol. The number of hydrogen-bond acceptors (Lipinski definition) is 1. The zero-order chi connectivity index (χ0) is 14.7. The lowest BCUT2D eigenvalue weighted by Gasteiger charge is -2.16. The maximum atomic E-state index is 13.8. The summed E-state index contributed by atoms with van der Waals surface area (Å²) in [6.07, 6.45) is 0. The summed E-state index contributed by atoms with van der Waals surface area (Å²) in [5, 5.41) is 3.19. The Morgan fingerprint density at radius 3 is 2.55 bits per heavy atom. The predicted octanol–water partition coefficient (Wildman–Crippen LogP) is 5.34. The minimum absolute atomic E-state index is 0.168. The Hall–Kier alpha value is -0.780. The highest BCUT2D eigenvalue weighted by atomic mass is 79.9. The van der Waals surface area contributed by atoms with Gasteiger partial charge in [-0.2, -0.15) is 0 Å². The molecule has 2 aromatic rings. The van der Waals surface area contributed by atoms with E-state index < -0.39 is 0 Å². The Kier molecular flexibility index (Phi) is 5.29. The van der Waals surface area contributed by atoms with E-state index in [4.69, 9.17) is 0 Å². The van der Waals surface area contributed by atoms with Gasteiger partial charge in [-0.3, -0.25) is 0 Å². The molecule has 0 amide bonds. The second-order valence-corrected chi connectivity index (χ2v) is 6.27. The number of benzene rings is 2. The molecule has 2 rings (SSSR count). The van der Waals surface area contributed by atoms with Crippen LogP contribution in [0.15, 0.2) is 45.3 Å². The van der Waals surface area contributed by atoms with Crippen molar-refractivity contribution in [1.82, 2.24) is 5.32 Å². The van der Waals surface area contributed by atoms with Gasteiger partial charge < -0.3 is 5.32 Å². The molecule has 0 saturated heterocycles. The largest absolute Gasteiger partial charge is 0.306 e. The maximum absolute atomic E-state index is 13.8. The number of hydrogen-bond donors (Lipinski definition) is 1. The third-order valence-electron chi connectivity index (χ3n) is 3.04. The van der Waals surface area contributed by atoms with Gasteiger partial charge in [0.25, 0.3) is 0 Å². The molecule has 0 radical (unpaired) electrons. The molecule has 5 heteroatoms. The van der Waals surface area contributed by atoms with Crippen molar-refractivity contribution < 1.29 is 8.78 Å². The van der Waals surface area contributed by atoms with Gasteiger partial charge >= 0.3 is 0 Å². The number of nitrogens with one attached hydrogen (secondary N) is 1. The summed E-state index contributed by atoms with van der Waals surface area (Å²) >= 11 is 6.60. The van der Waals surface area contributed by atoms with Crippen LogP contribution in [0.25, 0.3) is 0 Å². The molecule has 0 aliphatic carbocycles. The number of rotatable bonds is 4. The van der Waals surface area contributed by atoms with E-state index >= 15 is 0 Å². The van der Waals surface area contributed by atoms with Crippen LogP contribution in [0.3, 0.4) is 0 Å². The minimum Gasteiger partial charge on any atom is -0.306 e. The van der Waals surface area contributed by atoms with Crippen LogP contribution in [0, 0.1) is 11.6 Å². The van der Waals surface area contributed by atoms with E-state index in [0.29, 0.717) is 16.6 Å². The van der Waals surface area contributed by atoms with E-state index in [2.05, 4.69) is 37.2 Å². The van der Waals surface area contributed by atoms with E-state index in [9.17, 15) is 8.78 Å². The zero-order valence-electron chi connectivity index (χ0n) is 10.8. The molecular formula is C15H13Br2F2N. The average Bonchev–Trinajstić information content (AvgIpc) is 2.39. The molecule has 0 fully saturated rings. The SMILES string of the molecule is CC(NCc1cc(F)ccc1Br)c1ccc(Br)cc1F. The molecule has 106 valence electrons. The molecule has 0 spiro atoms. The molecule has 0 aliphatic rings. The monoisotopic (exact) mass is 403 g/mol. The van der Waals surface area contributed by atoms with E-state index in [1.54, 1.807) is 18.2 Å². The van der Waals surface area contributed by atoms with Crippen molar-refractivity contribution in [3.63, 3.8) is 0 Å². The third-order valence-corrected chi connectivity index (χ3v) is 4.30. The zero-order valence-corrected chi connectivity index (χ0v) is 13.9. The van der Waals surface area contributed by atoms with Crippen LogP contribution in [0.1, 0.15) is 24.1 Å². The maximum Gasteiger partial charge on any atom is 0.129 e. The van der Waals surface area contributed by atoms with E-state index in [1.165, 1.54) is 18.2 Å². The molecule has 1 nitrogen and oxygen atoms in total. The lowest BCUT2D eigenvalue weighted by molar-refractivity contribution is 0.525. The van der Waals surface area contributed by atoms with Gasteiger partial charge in [0.05, 0.1) is 0 Å². The van der Waals surface area contributed by atoms with Crippen LogP contribution in [0.5, 0.6) is 0 Å². The first kappa shape index (κ1) is 15.6. The molecule has 0 bridgehead atoms. The Bertz CT molecular complexity index is 617. The van der Waals surface area contributed by atoms with Crippen molar-refractivity contribution in [1.29, 1.82) is 0 Å². The third kappa shape index (κ3) is 3.87. The van der Waals surface area contributed by atoms with E-state index in [0.717, 1.165) is 10.0 Å². The first-order valence-corrected chi connectivity index (χ1v) is 7.68. The molecule has 0 heterocycles. The van der Waals surface area contributed by atoms with Gasteiger partial charge in [0.2, 0.25) is 0 Å². The molecular weight excluding hydrogens is 392 g/mol. The fraction of sp³-hybridized carbons (Fsp3) is 0.200. The fourth-order valence-electron chi connectivity index (χ4n) is 1.90. The second-order valence-electron chi connectivity index (χ2n) is 4.50.